The van der Waals surface area contributed by atoms with Crippen molar-refractivity contribution in [2.24, 2.45) is 0 Å². The quantitative estimate of drug-likeness (QED) is 0.751. The number of allylic oxidation sites excluding steroid dienone is 2. The molecule has 1 saturated carbocycles. The Morgan fingerprint density at radius 3 is 2.30 bits per heavy atom. The average Bonchev–Trinajstić information content (AvgIpc) is 3.36. The van der Waals surface area contributed by atoms with Gasteiger partial charge in [0, 0.05) is 16.5 Å². The van der Waals surface area contributed by atoms with Gasteiger partial charge in [-0.1, -0.05) is 37.5 Å². The Morgan fingerprint density at radius 1 is 1.00 bits per heavy atom. The molecule has 2 aromatic rings. The SMILES string of the molecule is CC1(C)OB(c2[nH]c3cc(C4=CC4)ccc3c2C2CCCCC2)OC1(C)C. The molecule has 0 atom stereocenters. The fourth-order valence-corrected chi connectivity index (χ4v) is 4.70. The van der Waals surface area contributed by atoms with Gasteiger partial charge in [0.1, 0.15) is 0 Å². The molecule has 1 aromatic heterocycles. The van der Waals surface area contributed by atoms with Crippen LogP contribution < -0.4 is 5.59 Å². The Bertz CT molecular complexity index is 902. The van der Waals surface area contributed by atoms with Crippen LogP contribution in [-0.2, 0) is 9.31 Å². The zero-order chi connectivity index (χ0) is 18.8. The van der Waals surface area contributed by atoms with E-state index < -0.39 is 0 Å². The average molecular weight is 363 g/mol. The molecule has 0 spiro atoms. The number of H-pyrrole nitrogens is 1. The highest BCUT2D eigenvalue weighted by Crippen LogP contribution is 2.41. The highest BCUT2D eigenvalue weighted by Gasteiger charge is 2.53. The molecular weight excluding hydrogens is 333 g/mol. The van der Waals surface area contributed by atoms with Crippen molar-refractivity contribution in [1.82, 2.24) is 4.98 Å². The van der Waals surface area contributed by atoms with E-state index in [1.165, 1.54) is 59.7 Å². The molecule has 2 fully saturated rings. The molecule has 3 nitrogen and oxygen atoms in total. The molecule has 1 N–H and O–H groups in total. The van der Waals surface area contributed by atoms with Gasteiger partial charge in [0.25, 0.3) is 0 Å². The van der Waals surface area contributed by atoms with Gasteiger partial charge in [0.15, 0.2) is 0 Å². The summed E-state index contributed by atoms with van der Waals surface area (Å²) in [5.41, 5.74) is 6.00. The van der Waals surface area contributed by atoms with E-state index in [1.54, 1.807) is 0 Å². The van der Waals surface area contributed by atoms with E-state index in [0.717, 1.165) is 12.0 Å². The molecule has 27 heavy (non-hydrogen) atoms. The second kappa shape index (κ2) is 5.99. The van der Waals surface area contributed by atoms with Crippen molar-refractivity contribution in [3.63, 3.8) is 0 Å². The van der Waals surface area contributed by atoms with Crippen LogP contribution in [0.2, 0.25) is 0 Å². The number of rotatable bonds is 3. The van der Waals surface area contributed by atoms with Crippen LogP contribution in [0, 0.1) is 0 Å². The number of hydrogen-bond donors (Lipinski definition) is 1. The summed E-state index contributed by atoms with van der Waals surface area (Å²) in [5.74, 6) is 0.604. The molecule has 0 bridgehead atoms. The molecule has 142 valence electrons. The van der Waals surface area contributed by atoms with Crippen molar-refractivity contribution in [2.75, 3.05) is 0 Å². The van der Waals surface area contributed by atoms with Gasteiger partial charge in [0.2, 0.25) is 0 Å². The van der Waals surface area contributed by atoms with E-state index in [0.29, 0.717) is 5.92 Å². The Balaban J connectivity index is 1.62. The minimum atomic E-state index is -0.317. The van der Waals surface area contributed by atoms with Crippen molar-refractivity contribution >= 4 is 29.2 Å². The third-order valence-corrected chi connectivity index (χ3v) is 7.15. The third-order valence-electron chi connectivity index (χ3n) is 7.15. The second-order valence-corrected chi connectivity index (χ2v) is 9.57. The van der Waals surface area contributed by atoms with Crippen LogP contribution in [0.5, 0.6) is 0 Å². The van der Waals surface area contributed by atoms with E-state index >= 15 is 0 Å². The van der Waals surface area contributed by atoms with E-state index in [1.807, 2.05) is 0 Å². The predicted octanol–water partition coefficient (Wildman–Crippen LogP) is 5.30. The van der Waals surface area contributed by atoms with Crippen molar-refractivity contribution < 1.29 is 9.31 Å². The Labute approximate surface area is 162 Å². The van der Waals surface area contributed by atoms with Crippen LogP contribution in [0.1, 0.15) is 83.3 Å². The fraction of sp³-hybridized carbons (Fsp3) is 0.565. The van der Waals surface area contributed by atoms with Gasteiger partial charge in [-0.25, -0.2) is 0 Å². The predicted molar refractivity (Wildman–Crippen MR) is 112 cm³/mol. The lowest BCUT2D eigenvalue weighted by atomic mass is 9.74. The number of aromatic amines is 1. The minimum Gasteiger partial charge on any atom is -0.398 e. The van der Waals surface area contributed by atoms with E-state index in [4.69, 9.17) is 9.31 Å². The summed E-state index contributed by atoms with van der Waals surface area (Å²) in [6.07, 6.45) is 9.98. The van der Waals surface area contributed by atoms with Crippen molar-refractivity contribution in [3.05, 3.63) is 35.4 Å². The van der Waals surface area contributed by atoms with Crippen LogP contribution in [0.3, 0.4) is 0 Å². The minimum absolute atomic E-state index is 0.317. The molecule has 0 unspecified atom stereocenters. The maximum Gasteiger partial charge on any atom is 0.512 e. The van der Waals surface area contributed by atoms with Crippen LogP contribution in [-0.4, -0.2) is 23.3 Å². The summed E-state index contributed by atoms with van der Waals surface area (Å²) in [5, 5.41) is 1.36. The zero-order valence-electron chi connectivity index (χ0n) is 17.0. The van der Waals surface area contributed by atoms with Gasteiger partial charge >= 0.3 is 7.12 Å². The molecule has 1 saturated heterocycles. The number of aromatic nitrogens is 1. The fourth-order valence-electron chi connectivity index (χ4n) is 4.70. The summed E-state index contributed by atoms with van der Waals surface area (Å²) in [6, 6.07) is 6.92. The molecule has 2 heterocycles. The van der Waals surface area contributed by atoms with Crippen molar-refractivity contribution in [2.45, 2.75) is 83.3 Å². The largest absolute Gasteiger partial charge is 0.512 e. The Kier molecular flexibility index (Phi) is 3.90. The number of benzene rings is 1. The van der Waals surface area contributed by atoms with Crippen LogP contribution >= 0.6 is 0 Å². The van der Waals surface area contributed by atoms with Gasteiger partial charge in [0.05, 0.1) is 11.2 Å². The van der Waals surface area contributed by atoms with Crippen LogP contribution in [0.25, 0.3) is 16.5 Å². The van der Waals surface area contributed by atoms with Gasteiger partial charge in [-0.3, -0.25) is 0 Å². The molecule has 2 aliphatic carbocycles. The van der Waals surface area contributed by atoms with Gasteiger partial charge in [-0.2, -0.15) is 0 Å². The molecule has 1 aromatic carbocycles. The summed E-state index contributed by atoms with van der Waals surface area (Å²) in [7, 11) is -0.317. The number of hydrogen-bond acceptors (Lipinski definition) is 2. The topological polar surface area (TPSA) is 34.2 Å². The lowest BCUT2D eigenvalue weighted by Crippen LogP contribution is -2.41. The molecule has 1 aliphatic heterocycles. The second-order valence-electron chi connectivity index (χ2n) is 9.57. The number of nitrogens with one attached hydrogen (secondary N) is 1. The zero-order valence-corrected chi connectivity index (χ0v) is 17.0. The summed E-state index contributed by atoms with van der Waals surface area (Å²) >= 11 is 0. The number of fused-ring (bicyclic) bond motifs is 1. The maximum absolute atomic E-state index is 6.44. The van der Waals surface area contributed by atoms with Crippen LogP contribution in [0.15, 0.2) is 24.3 Å². The summed E-state index contributed by atoms with van der Waals surface area (Å²) in [6.45, 7) is 8.53. The lowest BCUT2D eigenvalue weighted by Gasteiger charge is -2.32. The molecule has 0 radical (unpaired) electrons. The van der Waals surface area contributed by atoms with Crippen molar-refractivity contribution in [3.8, 4) is 0 Å². The molecule has 3 aliphatic rings. The first-order chi connectivity index (χ1) is 12.9. The standard InChI is InChI=1S/C23H30BNO2/c1-22(2)23(3,4)27-24(26-22)21-20(16-8-6-5-7-9-16)18-13-12-17(15-10-11-15)14-19(18)25-21/h10,12-14,16,25H,5-9,11H2,1-4H3. The van der Waals surface area contributed by atoms with E-state index in [-0.39, 0.29) is 18.3 Å². The maximum atomic E-state index is 6.44. The highest BCUT2D eigenvalue weighted by molar-refractivity contribution is 6.62. The smallest absolute Gasteiger partial charge is 0.398 e. The van der Waals surface area contributed by atoms with Crippen LogP contribution in [0.4, 0.5) is 0 Å². The normalized spacial score (nSPS) is 24.4. The lowest BCUT2D eigenvalue weighted by molar-refractivity contribution is 0.00578. The van der Waals surface area contributed by atoms with Crippen molar-refractivity contribution in [1.29, 1.82) is 0 Å². The first-order valence-electron chi connectivity index (χ1n) is 10.6. The van der Waals surface area contributed by atoms with E-state index in [2.05, 4.69) is 57.0 Å². The molecule has 4 heteroatoms. The third kappa shape index (κ3) is 2.89. The molecule has 0 amide bonds. The highest BCUT2D eigenvalue weighted by atomic mass is 16.7. The molecule has 5 rings (SSSR count). The Morgan fingerprint density at radius 2 is 1.67 bits per heavy atom. The van der Waals surface area contributed by atoms with Gasteiger partial charge in [-0.05, 0) is 75.6 Å². The van der Waals surface area contributed by atoms with E-state index in [9.17, 15) is 0 Å². The summed E-state index contributed by atoms with van der Waals surface area (Å²) < 4.78 is 12.9. The first-order valence-corrected chi connectivity index (χ1v) is 10.6. The Hall–Kier alpha value is -1.52. The molecular formula is C23H30BNO2. The van der Waals surface area contributed by atoms with Gasteiger partial charge < -0.3 is 14.3 Å². The van der Waals surface area contributed by atoms with Gasteiger partial charge in [-0.15, -0.1) is 0 Å². The summed E-state index contributed by atoms with van der Waals surface area (Å²) in [4.78, 5) is 3.72. The monoisotopic (exact) mass is 363 g/mol. The first kappa shape index (κ1) is 17.6.